The van der Waals surface area contributed by atoms with Crippen LogP contribution in [0.2, 0.25) is 0 Å². The van der Waals surface area contributed by atoms with E-state index in [0.717, 1.165) is 0 Å². The summed E-state index contributed by atoms with van der Waals surface area (Å²) in [5.41, 5.74) is -1.17. The molecule has 0 aromatic heterocycles. The van der Waals surface area contributed by atoms with E-state index in [0.29, 0.717) is 26.3 Å². The lowest BCUT2D eigenvalue weighted by Gasteiger charge is -2.44. The maximum Gasteiger partial charge on any atom is 0.471 e. The summed E-state index contributed by atoms with van der Waals surface area (Å²) >= 11 is 0. The molecule has 0 aromatic rings. The summed E-state index contributed by atoms with van der Waals surface area (Å²) in [6.45, 7) is 4.46. The van der Waals surface area contributed by atoms with E-state index in [9.17, 15) is 22.8 Å². The number of carbonyl (C=O) groups excluding carboxylic acids is 1. The number of carbonyl (C=O) groups is 2. The number of hydrogen-bond acceptors (Lipinski definition) is 4. The van der Waals surface area contributed by atoms with Gasteiger partial charge in [-0.25, -0.2) is 4.79 Å². The van der Waals surface area contributed by atoms with Crippen molar-refractivity contribution in [3.8, 4) is 0 Å². The zero-order valence-electron chi connectivity index (χ0n) is 11.2. The number of amides is 1. The number of carboxylic acid groups (broad SMARTS) is 1. The van der Waals surface area contributed by atoms with Crippen molar-refractivity contribution >= 4 is 11.9 Å². The van der Waals surface area contributed by atoms with Crippen LogP contribution >= 0.6 is 0 Å². The second-order valence-corrected chi connectivity index (χ2v) is 5.00. The van der Waals surface area contributed by atoms with Crippen LogP contribution in [0, 0.1) is 0 Å². The molecule has 1 unspecified atom stereocenters. The molecule has 9 heteroatoms. The molecule has 0 saturated carbocycles. The Bertz CT molecular complexity index is 378. The van der Waals surface area contributed by atoms with Gasteiger partial charge >= 0.3 is 18.1 Å². The molecule has 0 aromatic carbocycles. The third kappa shape index (κ3) is 3.83. The van der Waals surface area contributed by atoms with Gasteiger partial charge in [-0.3, -0.25) is 9.69 Å². The lowest BCUT2D eigenvalue weighted by Crippen LogP contribution is -2.65. The van der Waals surface area contributed by atoms with Gasteiger partial charge in [0, 0.05) is 18.6 Å². The van der Waals surface area contributed by atoms with Crippen LogP contribution in [0.4, 0.5) is 13.2 Å². The number of morpholine rings is 1. The van der Waals surface area contributed by atoms with Gasteiger partial charge in [0.25, 0.3) is 0 Å². The van der Waals surface area contributed by atoms with Gasteiger partial charge in [0.1, 0.15) is 6.04 Å². The number of halogens is 3. The van der Waals surface area contributed by atoms with Crippen molar-refractivity contribution in [2.24, 2.45) is 0 Å². The molecule has 1 atom stereocenters. The van der Waals surface area contributed by atoms with Crippen molar-refractivity contribution in [3.05, 3.63) is 0 Å². The van der Waals surface area contributed by atoms with Gasteiger partial charge in [-0.2, -0.15) is 13.2 Å². The normalized spacial score (nSPS) is 19.4. The summed E-state index contributed by atoms with van der Waals surface area (Å²) < 4.78 is 41.9. The number of alkyl halides is 3. The summed E-state index contributed by atoms with van der Waals surface area (Å²) in [7, 11) is 0. The number of hydrogen-bond donors (Lipinski definition) is 2. The molecule has 1 rings (SSSR count). The molecular formula is C11H17F3N2O4. The molecule has 1 fully saturated rings. The Balaban J connectivity index is 2.88. The zero-order chi connectivity index (χ0) is 15.6. The van der Waals surface area contributed by atoms with E-state index in [1.807, 2.05) is 0 Å². The SMILES string of the molecule is CC(C)(C(NC(=O)C(F)(F)F)C(=O)O)N1CCOCC1. The van der Waals surface area contributed by atoms with Crippen LogP contribution in [0.5, 0.6) is 0 Å². The highest BCUT2D eigenvalue weighted by Gasteiger charge is 2.47. The van der Waals surface area contributed by atoms with Gasteiger partial charge in [0.05, 0.1) is 13.2 Å². The highest BCUT2D eigenvalue weighted by Crippen LogP contribution is 2.23. The van der Waals surface area contributed by atoms with Crippen LogP contribution in [0.15, 0.2) is 0 Å². The molecule has 1 amide bonds. The molecule has 0 bridgehead atoms. The Morgan fingerprint density at radius 3 is 2.15 bits per heavy atom. The van der Waals surface area contributed by atoms with Gasteiger partial charge in [-0.05, 0) is 13.8 Å². The number of nitrogens with one attached hydrogen (secondary N) is 1. The fraction of sp³-hybridized carbons (Fsp3) is 0.818. The zero-order valence-corrected chi connectivity index (χ0v) is 11.2. The molecule has 1 aliphatic heterocycles. The minimum atomic E-state index is -5.12. The largest absolute Gasteiger partial charge is 0.480 e. The Morgan fingerprint density at radius 2 is 1.75 bits per heavy atom. The molecule has 0 radical (unpaired) electrons. The first-order chi connectivity index (χ1) is 9.06. The van der Waals surface area contributed by atoms with Crippen molar-refractivity contribution in [2.75, 3.05) is 26.3 Å². The number of aliphatic carboxylic acids is 1. The first kappa shape index (κ1) is 16.7. The van der Waals surface area contributed by atoms with Crippen LogP contribution in [0.25, 0.3) is 0 Å². The third-order valence-corrected chi connectivity index (χ3v) is 3.31. The van der Waals surface area contributed by atoms with E-state index in [1.54, 1.807) is 10.2 Å². The van der Waals surface area contributed by atoms with Crippen molar-refractivity contribution in [2.45, 2.75) is 31.6 Å². The van der Waals surface area contributed by atoms with Crippen molar-refractivity contribution in [1.82, 2.24) is 10.2 Å². The van der Waals surface area contributed by atoms with Gasteiger partial charge < -0.3 is 15.2 Å². The highest BCUT2D eigenvalue weighted by atomic mass is 19.4. The quantitative estimate of drug-likeness (QED) is 0.777. The molecule has 2 N–H and O–H groups in total. The summed E-state index contributed by atoms with van der Waals surface area (Å²) in [4.78, 5) is 23.9. The lowest BCUT2D eigenvalue weighted by atomic mass is 9.91. The summed E-state index contributed by atoms with van der Waals surface area (Å²) in [6.07, 6.45) is -5.12. The predicted molar refractivity (Wildman–Crippen MR) is 62.1 cm³/mol. The van der Waals surface area contributed by atoms with Crippen LogP contribution in [-0.2, 0) is 14.3 Å². The summed E-state index contributed by atoms with van der Waals surface area (Å²) in [6, 6.07) is -1.67. The van der Waals surface area contributed by atoms with E-state index >= 15 is 0 Å². The maximum atomic E-state index is 12.3. The second-order valence-electron chi connectivity index (χ2n) is 5.00. The van der Waals surface area contributed by atoms with Crippen molar-refractivity contribution in [3.63, 3.8) is 0 Å². The molecule has 0 aliphatic carbocycles. The van der Waals surface area contributed by atoms with Gasteiger partial charge in [-0.1, -0.05) is 0 Å². The van der Waals surface area contributed by atoms with Crippen molar-refractivity contribution in [1.29, 1.82) is 0 Å². The summed E-state index contributed by atoms with van der Waals surface area (Å²) in [5, 5.41) is 10.7. The number of carboxylic acids is 1. The van der Waals surface area contributed by atoms with E-state index in [-0.39, 0.29) is 0 Å². The summed E-state index contributed by atoms with van der Waals surface area (Å²) in [5.74, 6) is -3.77. The van der Waals surface area contributed by atoms with Crippen LogP contribution in [0.1, 0.15) is 13.8 Å². The minimum absolute atomic E-state index is 0.364. The fourth-order valence-electron chi connectivity index (χ4n) is 2.08. The van der Waals surface area contributed by atoms with E-state index in [1.165, 1.54) is 13.8 Å². The Morgan fingerprint density at radius 1 is 1.25 bits per heavy atom. The number of nitrogens with zero attached hydrogens (tertiary/aromatic N) is 1. The fourth-order valence-corrected chi connectivity index (χ4v) is 2.08. The van der Waals surface area contributed by atoms with Gasteiger partial charge in [0.15, 0.2) is 0 Å². The van der Waals surface area contributed by atoms with Gasteiger partial charge in [-0.15, -0.1) is 0 Å². The standard InChI is InChI=1S/C11H17F3N2O4/c1-10(2,16-3-5-20-6-4-16)7(8(17)18)15-9(19)11(12,13)14/h7H,3-6H2,1-2H3,(H,15,19)(H,17,18). The minimum Gasteiger partial charge on any atom is -0.480 e. The molecule has 6 nitrogen and oxygen atoms in total. The predicted octanol–water partition coefficient (Wildman–Crippen LogP) is 0.229. The average molecular weight is 298 g/mol. The van der Waals surface area contributed by atoms with Crippen LogP contribution in [0.3, 0.4) is 0 Å². The maximum absolute atomic E-state index is 12.3. The molecule has 1 aliphatic rings. The van der Waals surface area contributed by atoms with Crippen molar-refractivity contribution < 1.29 is 32.6 Å². The topological polar surface area (TPSA) is 78.9 Å². The highest BCUT2D eigenvalue weighted by molar-refractivity contribution is 5.87. The van der Waals surface area contributed by atoms with Crippen LogP contribution < -0.4 is 5.32 Å². The third-order valence-electron chi connectivity index (χ3n) is 3.31. The lowest BCUT2D eigenvalue weighted by molar-refractivity contribution is -0.177. The molecule has 20 heavy (non-hydrogen) atoms. The van der Waals surface area contributed by atoms with E-state index < -0.39 is 29.6 Å². The first-order valence-electron chi connectivity index (χ1n) is 6.00. The molecule has 1 heterocycles. The Hall–Kier alpha value is -1.35. The second kappa shape index (κ2) is 5.96. The average Bonchev–Trinajstić information content (AvgIpc) is 2.34. The molecule has 116 valence electrons. The molecular weight excluding hydrogens is 281 g/mol. The van der Waals surface area contributed by atoms with E-state index in [2.05, 4.69) is 0 Å². The van der Waals surface area contributed by atoms with E-state index in [4.69, 9.17) is 9.84 Å². The number of rotatable bonds is 4. The Kier molecular flexibility index (Phi) is 4.98. The Labute approximate surface area is 113 Å². The first-order valence-corrected chi connectivity index (χ1v) is 6.00. The molecule has 0 spiro atoms. The number of ether oxygens (including phenoxy) is 1. The molecule has 1 saturated heterocycles. The van der Waals surface area contributed by atoms with Crippen LogP contribution in [-0.4, -0.2) is 65.9 Å². The monoisotopic (exact) mass is 298 g/mol. The smallest absolute Gasteiger partial charge is 0.471 e. The van der Waals surface area contributed by atoms with Gasteiger partial charge in [0.2, 0.25) is 0 Å².